The van der Waals surface area contributed by atoms with Crippen LogP contribution in [0, 0.1) is 0 Å². The van der Waals surface area contributed by atoms with E-state index in [1.807, 2.05) is 20.8 Å². The predicted octanol–water partition coefficient (Wildman–Crippen LogP) is 1.75. The van der Waals surface area contributed by atoms with Crippen molar-refractivity contribution in [2.75, 3.05) is 6.54 Å². The molecule has 2 N–H and O–H groups in total. The molecule has 0 spiro atoms. The van der Waals surface area contributed by atoms with Crippen LogP contribution < -0.4 is 10.6 Å². The molecule has 1 heterocycles. The van der Waals surface area contributed by atoms with E-state index in [1.165, 1.54) is 12.3 Å². The van der Waals surface area contributed by atoms with Crippen LogP contribution in [0.3, 0.4) is 0 Å². The summed E-state index contributed by atoms with van der Waals surface area (Å²) >= 11 is 0. The van der Waals surface area contributed by atoms with Gasteiger partial charge in [-0.2, -0.15) is 0 Å². The van der Waals surface area contributed by atoms with Crippen molar-refractivity contribution in [3.05, 3.63) is 29.6 Å². The maximum absolute atomic E-state index is 11.9. The fourth-order valence-corrected chi connectivity index (χ4v) is 1.44. The van der Waals surface area contributed by atoms with Crippen LogP contribution in [0.15, 0.2) is 18.3 Å². The Morgan fingerprint density at radius 2 is 2.05 bits per heavy atom. The summed E-state index contributed by atoms with van der Waals surface area (Å²) in [6.45, 7) is 6.52. The minimum absolute atomic E-state index is 0.0897. The molecule has 0 radical (unpaired) electrons. The summed E-state index contributed by atoms with van der Waals surface area (Å²) in [7, 11) is 0. The highest BCUT2D eigenvalue weighted by molar-refractivity contribution is 5.98. The highest BCUT2D eigenvalue weighted by Crippen LogP contribution is 2.03. The van der Waals surface area contributed by atoms with Crippen LogP contribution in [0.5, 0.6) is 0 Å². The molecule has 1 aromatic rings. The largest absolute Gasteiger partial charge is 0.352 e. The first-order valence-electron chi connectivity index (χ1n) is 6.63. The van der Waals surface area contributed by atoms with Crippen LogP contribution in [0.25, 0.3) is 0 Å². The first kappa shape index (κ1) is 15.1. The van der Waals surface area contributed by atoms with Gasteiger partial charge in [-0.05, 0) is 31.9 Å². The normalized spacial score (nSPS) is 11.7. The van der Waals surface area contributed by atoms with Crippen molar-refractivity contribution < 1.29 is 9.59 Å². The molecule has 0 saturated heterocycles. The fraction of sp³-hybridized carbons (Fsp3) is 0.500. The quantitative estimate of drug-likeness (QED) is 0.821. The van der Waals surface area contributed by atoms with Gasteiger partial charge in [-0.15, -0.1) is 0 Å². The van der Waals surface area contributed by atoms with Crippen molar-refractivity contribution in [2.24, 2.45) is 0 Å². The molecule has 1 unspecified atom stereocenters. The first-order valence-corrected chi connectivity index (χ1v) is 6.63. The second-order valence-corrected chi connectivity index (χ2v) is 4.47. The molecule has 104 valence electrons. The third-order valence-corrected chi connectivity index (χ3v) is 2.78. The van der Waals surface area contributed by atoms with Gasteiger partial charge < -0.3 is 10.6 Å². The average Bonchev–Trinajstić information content (AvgIpc) is 2.44. The van der Waals surface area contributed by atoms with Gasteiger partial charge in [0.05, 0.1) is 0 Å². The molecule has 0 saturated carbocycles. The lowest BCUT2D eigenvalue weighted by atomic mass is 10.2. The summed E-state index contributed by atoms with van der Waals surface area (Å²) < 4.78 is 0. The summed E-state index contributed by atoms with van der Waals surface area (Å²) in [5, 5.41) is 5.59. The number of aromatic nitrogens is 1. The highest BCUT2D eigenvalue weighted by atomic mass is 16.2. The Bertz CT molecular complexity index is 446. The van der Waals surface area contributed by atoms with Gasteiger partial charge in [-0.1, -0.05) is 13.8 Å². The van der Waals surface area contributed by atoms with E-state index in [9.17, 15) is 9.59 Å². The van der Waals surface area contributed by atoms with Gasteiger partial charge in [0, 0.05) is 24.3 Å². The van der Waals surface area contributed by atoms with Gasteiger partial charge in [0.15, 0.2) is 0 Å². The lowest BCUT2D eigenvalue weighted by Gasteiger charge is -2.11. The van der Waals surface area contributed by atoms with Gasteiger partial charge in [0.2, 0.25) is 0 Å². The van der Waals surface area contributed by atoms with E-state index >= 15 is 0 Å². The van der Waals surface area contributed by atoms with E-state index in [-0.39, 0.29) is 23.6 Å². The number of hydrogen-bond donors (Lipinski definition) is 2. The molecular formula is C14H21N3O2. The standard InChI is InChI=1S/C14H21N3O2/c1-4-7-16-13(18)11-6-8-15-12(9-11)14(19)17-10(3)5-2/h6,8-10H,4-5,7H2,1-3H3,(H,16,18)(H,17,19). The molecular weight excluding hydrogens is 242 g/mol. The molecule has 19 heavy (non-hydrogen) atoms. The van der Waals surface area contributed by atoms with Crippen molar-refractivity contribution in [1.82, 2.24) is 15.6 Å². The van der Waals surface area contributed by atoms with E-state index in [2.05, 4.69) is 15.6 Å². The van der Waals surface area contributed by atoms with Crippen LogP contribution >= 0.6 is 0 Å². The molecule has 0 aliphatic rings. The molecule has 0 bridgehead atoms. The maximum atomic E-state index is 11.9. The molecule has 5 nitrogen and oxygen atoms in total. The molecule has 2 amide bonds. The van der Waals surface area contributed by atoms with E-state index in [1.54, 1.807) is 6.07 Å². The lowest BCUT2D eigenvalue weighted by molar-refractivity contribution is 0.0934. The first-order chi connectivity index (χ1) is 9.08. The highest BCUT2D eigenvalue weighted by Gasteiger charge is 2.12. The molecule has 0 aromatic carbocycles. The Kier molecular flexibility index (Phi) is 5.99. The summed E-state index contributed by atoms with van der Waals surface area (Å²) in [5.74, 6) is -0.429. The molecule has 0 aliphatic heterocycles. The molecule has 5 heteroatoms. The minimum Gasteiger partial charge on any atom is -0.352 e. The van der Waals surface area contributed by atoms with Crippen LogP contribution in [0.1, 0.15) is 54.5 Å². The Morgan fingerprint density at radius 1 is 1.32 bits per heavy atom. The topological polar surface area (TPSA) is 71.1 Å². The molecule has 1 aromatic heterocycles. The van der Waals surface area contributed by atoms with Crippen molar-refractivity contribution in [3.63, 3.8) is 0 Å². The van der Waals surface area contributed by atoms with Crippen LogP contribution in [0.2, 0.25) is 0 Å². The predicted molar refractivity (Wildman–Crippen MR) is 74.1 cm³/mol. The maximum Gasteiger partial charge on any atom is 0.270 e. The average molecular weight is 263 g/mol. The van der Waals surface area contributed by atoms with Crippen molar-refractivity contribution in [3.8, 4) is 0 Å². The third-order valence-electron chi connectivity index (χ3n) is 2.78. The number of amides is 2. The van der Waals surface area contributed by atoms with E-state index in [4.69, 9.17) is 0 Å². The van der Waals surface area contributed by atoms with E-state index in [0.717, 1.165) is 12.8 Å². The number of nitrogens with zero attached hydrogens (tertiary/aromatic N) is 1. The Morgan fingerprint density at radius 3 is 2.68 bits per heavy atom. The zero-order chi connectivity index (χ0) is 14.3. The van der Waals surface area contributed by atoms with Gasteiger partial charge in [0.25, 0.3) is 11.8 Å². The minimum atomic E-state index is -0.250. The van der Waals surface area contributed by atoms with Crippen molar-refractivity contribution >= 4 is 11.8 Å². The van der Waals surface area contributed by atoms with Gasteiger partial charge >= 0.3 is 0 Å². The number of rotatable bonds is 6. The number of hydrogen-bond acceptors (Lipinski definition) is 3. The van der Waals surface area contributed by atoms with Gasteiger partial charge in [-0.3, -0.25) is 14.6 Å². The van der Waals surface area contributed by atoms with Gasteiger partial charge in [-0.25, -0.2) is 0 Å². The van der Waals surface area contributed by atoms with Gasteiger partial charge in [0.1, 0.15) is 5.69 Å². The molecule has 0 fully saturated rings. The second kappa shape index (κ2) is 7.51. The summed E-state index contributed by atoms with van der Waals surface area (Å²) in [5.41, 5.74) is 0.724. The summed E-state index contributed by atoms with van der Waals surface area (Å²) in [6, 6.07) is 3.21. The zero-order valence-electron chi connectivity index (χ0n) is 11.7. The Labute approximate surface area is 113 Å². The third kappa shape index (κ3) is 4.69. The van der Waals surface area contributed by atoms with Crippen LogP contribution in [0.4, 0.5) is 0 Å². The smallest absolute Gasteiger partial charge is 0.270 e. The van der Waals surface area contributed by atoms with Crippen molar-refractivity contribution in [1.29, 1.82) is 0 Å². The monoisotopic (exact) mass is 263 g/mol. The zero-order valence-corrected chi connectivity index (χ0v) is 11.7. The lowest BCUT2D eigenvalue weighted by Crippen LogP contribution is -2.33. The number of pyridine rings is 1. The number of carbonyl (C=O) groups is 2. The second-order valence-electron chi connectivity index (χ2n) is 4.47. The fourth-order valence-electron chi connectivity index (χ4n) is 1.44. The number of nitrogens with one attached hydrogen (secondary N) is 2. The molecule has 1 rings (SSSR count). The van der Waals surface area contributed by atoms with Crippen LogP contribution in [-0.2, 0) is 0 Å². The number of carbonyl (C=O) groups excluding carboxylic acids is 2. The van der Waals surface area contributed by atoms with E-state index < -0.39 is 0 Å². The SMILES string of the molecule is CCCNC(=O)c1ccnc(C(=O)NC(C)CC)c1. The molecule has 1 atom stereocenters. The Hall–Kier alpha value is -1.91. The summed E-state index contributed by atoms with van der Waals surface area (Å²) in [4.78, 5) is 27.7. The van der Waals surface area contributed by atoms with Crippen LogP contribution in [-0.4, -0.2) is 29.4 Å². The van der Waals surface area contributed by atoms with E-state index in [0.29, 0.717) is 12.1 Å². The summed E-state index contributed by atoms with van der Waals surface area (Å²) in [6.07, 6.45) is 3.20. The Balaban J connectivity index is 2.76. The van der Waals surface area contributed by atoms with Crippen molar-refractivity contribution in [2.45, 2.75) is 39.7 Å². The molecule has 0 aliphatic carbocycles.